The molecular weight excluding hydrogens is 176 g/mol. The van der Waals surface area contributed by atoms with Gasteiger partial charge in [-0.05, 0) is 6.92 Å². The standard InChI is InChI=1S/C4H10O3.C4H10O2/c5-1-3-7-4-2-6;1-4(5)3-6-2/h5-6H,1-4H2;4-5H,3H2,1-2H3. The molecule has 0 aliphatic heterocycles. The Morgan fingerprint density at radius 3 is 1.77 bits per heavy atom. The first kappa shape index (κ1) is 15.3. The third-order valence-electron chi connectivity index (χ3n) is 0.879. The molecule has 0 aromatic rings. The molecule has 0 heterocycles. The van der Waals surface area contributed by atoms with Crippen molar-refractivity contribution in [2.75, 3.05) is 40.1 Å². The highest BCUT2D eigenvalue weighted by atomic mass is 16.5. The van der Waals surface area contributed by atoms with Crippen molar-refractivity contribution in [2.24, 2.45) is 0 Å². The number of methoxy groups -OCH3 is 1. The van der Waals surface area contributed by atoms with Crippen LogP contribution >= 0.6 is 0 Å². The Hall–Kier alpha value is -0.200. The van der Waals surface area contributed by atoms with E-state index >= 15 is 0 Å². The molecular formula is C8H20O5. The summed E-state index contributed by atoms with van der Waals surface area (Å²) in [5.41, 5.74) is 0. The molecule has 0 amide bonds. The first-order valence-corrected chi connectivity index (χ1v) is 4.15. The van der Waals surface area contributed by atoms with Gasteiger partial charge in [0.25, 0.3) is 0 Å². The van der Waals surface area contributed by atoms with Crippen molar-refractivity contribution in [3.63, 3.8) is 0 Å². The minimum Gasteiger partial charge on any atom is -0.394 e. The average Bonchev–Trinajstić information content (AvgIpc) is 2.06. The second kappa shape index (κ2) is 14.3. The van der Waals surface area contributed by atoms with Crippen molar-refractivity contribution in [1.82, 2.24) is 0 Å². The zero-order valence-electron chi connectivity index (χ0n) is 8.27. The van der Waals surface area contributed by atoms with E-state index < -0.39 is 0 Å². The van der Waals surface area contributed by atoms with E-state index in [9.17, 15) is 0 Å². The third-order valence-corrected chi connectivity index (χ3v) is 0.879. The minimum atomic E-state index is -0.324. The van der Waals surface area contributed by atoms with E-state index in [0.717, 1.165) is 0 Å². The Morgan fingerprint density at radius 1 is 1.15 bits per heavy atom. The van der Waals surface area contributed by atoms with Crippen molar-refractivity contribution in [3.05, 3.63) is 0 Å². The van der Waals surface area contributed by atoms with Gasteiger partial charge in [-0.25, -0.2) is 0 Å². The molecule has 0 saturated heterocycles. The second-order valence-electron chi connectivity index (χ2n) is 2.36. The molecule has 13 heavy (non-hydrogen) atoms. The fraction of sp³-hybridized carbons (Fsp3) is 1.00. The van der Waals surface area contributed by atoms with Gasteiger partial charge in [-0.1, -0.05) is 0 Å². The first-order valence-electron chi connectivity index (χ1n) is 4.15. The van der Waals surface area contributed by atoms with E-state index in [1.54, 1.807) is 14.0 Å². The molecule has 5 heteroatoms. The lowest BCUT2D eigenvalue weighted by molar-refractivity contribution is 0.0650. The van der Waals surface area contributed by atoms with E-state index in [1.807, 2.05) is 0 Å². The summed E-state index contributed by atoms with van der Waals surface area (Å²) in [5.74, 6) is 0. The lowest BCUT2D eigenvalue weighted by atomic mass is 10.5. The summed E-state index contributed by atoms with van der Waals surface area (Å²) in [6, 6.07) is 0. The van der Waals surface area contributed by atoms with Crippen molar-refractivity contribution in [2.45, 2.75) is 13.0 Å². The molecule has 5 nitrogen and oxygen atoms in total. The van der Waals surface area contributed by atoms with E-state index in [0.29, 0.717) is 19.8 Å². The first-order chi connectivity index (χ1) is 6.18. The normalized spacial score (nSPS) is 11.8. The summed E-state index contributed by atoms with van der Waals surface area (Å²) in [7, 11) is 1.56. The Morgan fingerprint density at radius 2 is 1.62 bits per heavy atom. The van der Waals surface area contributed by atoms with Crippen molar-refractivity contribution >= 4 is 0 Å². The molecule has 82 valence electrons. The fourth-order valence-corrected chi connectivity index (χ4v) is 0.472. The predicted molar refractivity (Wildman–Crippen MR) is 48.5 cm³/mol. The Labute approximate surface area is 78.9 Å². The summed E-state index contributed by atoms with van der Waals surface area (Å²) in [6.45, 7) is 2.81. The SMILES string of the molecule is COCC(C)O.OCCOCCO. The van der Waals surface area contributed by atoms with Gasteiger partial charge in [0.1, 0.15) is 0 Å². The number of hydrogen-bond acceptors (Lipinski definition) is 5. The smallest absolute Gasteiger partial charge is 0.0745 e. The number of rotatable bonds is 6. The lowest BCUT2D eigenvalue weighted by Gasteiger charge is -1.97. The number of aliphatic hydroxyl groups is 3. The van der Waals surface area contributed by atoms with Crippen LogP contribution in [0.5, 0.6) is 0 Å². The average molecular weight is 196 g/mol. The summed E-state index contributed by atoms with van der Waals surface area (Å²) < 4.78 is 9.19. The Kier molecular flexibility index (Phi) is 16.8. The van der Waals surface area contributed by atoms with E-state index in [1.165, 1.54) is 0 Å². The molecule has 1 atom stereocenters. The van der Waals surface area contributed by atoms with Gasteiger partial charge in [0.2, 0.25) is 0 Å². The quantitative estimate of drug-likeness (QED) is 0.475. The largest absolute Gasteiger partial charge is 0.394 e. The van der Waals surface area contributed by atoms with Crippen molar-refractivity contribution < 1.29 is 24.8 Å². The summed E-state index contributed by atoms with van der Waals surface area (Å²) >= 11 is 0. The van der Waals surface area contributed by atoms with Crippen LogP contribution in [0.1, 0.15) is 6.92 Å². The van der Waals surface area contributed by atoms with Crippen LogP contribution in [0.2, 0.25) is 0 Å². The van der Waals surface area contributed by atoms with E-state index in [2.05, 4.69) is 9.47 Å². The molecule has 0 rings (SSSR count). The van der Waals surface area contributed by atoms with Crippen LogP contribution in [0.25, 0.3) is 0 Å². The van der Waals surface area contributed by atoms with Gasteiger partial charge in [-0.3, -0.25) is 0 Å². The topological polar surface area (TPSA) is 79.2 Å². The van der Waals surface area contributed by atoms with Gasteiger partial charge in [-0.15, -0.1) is 0 Å². The van der Waals surface area contributed by atoms with Gasteiger partial charge in [0.05, 0.1) is 39.1 Å². The predicted octanol–water partition coefficient (Wildman–Crippen LogP) is -0.999. The molecule has 3 N–H and O–H groups in total. The van der Waals surface area contributed by atoms with Crippen LogP contribution in [-0.4, -0.2) is 61.6 Å². The highest BCUT2D eigenvalue weighted by molar-refractivity contribution is 4.36. The monoisotopic (exact) mass is 196 g/mol. The number of aliphatic hydroxyl groups excluding tert-OH is 3. The summed E-state index contributed by atoms with van der Waals surface area (Å²) in [4.78, 5) is 0. The van der Waals surface area contributed by atoms with Gasteiger partial charge in [0, 0.05) is 7.11 Å². The molecule has 0 aliphatic carbocycles. The molecule has 1 unspecified atom stereocenters. The molecule has 0 aromatic heterocycles. The van der Waals surface area contributed by atoms with Crippen LogP contribution in [-0.2, 0) is 9.47 Å². The minimum absolute atomic E-state index is 0.0278. The second-order valence-corrected chi connectivity index (χ2v) is 2.36. The molecule has 0 spiro atoms. The zero-order chi connectivity index (χ0) is 10.5. The maximum absolute atomic E-state index is 8.43. The third kappa shape index (κ3) is 24.5. The van der Waals surface area contributed by atoms with Gasteiger partial charge >= 0.3 is 0 Å². The fourth-order valence-electron chi connectivity index (χ4n) is 0.472. The van der Waals surface area contributed by atoms with Crippen molar-refractivity contribution in [3.8, 4) is 0 Å². The number of ether oxygens (including phenoxy) is 2. The Bertz CT molecular complexity index is 72.9. The maximum Gasteiger partial charge on any atom is 0.0745 e. The summed E-state index contributed by atoms with van der Waals surface area (Å²) in [6.07, 6.45) is -0.324. The Balaban J connectivity index is 0. The van der Waals surface area contributed by atoms with Crippen molar-refractivity contribution in [1.29, 1.82) is 0 Å². The molecule has 0 saturated carbocycles. The van der Waals surface area contributed by atoms with Crippen LogP contribution in [0.4, 0.5) is 0 Å². The van der Waals surface area contributed by atoms with Crippen LogP contribution in [0.3, 0.4) is 0 Å². The highest BCUT2D eigenvalue weighted by Crippen LogP contribution is 1.75. The lowest BCUT2D eigenvalue weighted by Crippen LogP contribution is -2.07. The molecule has 0 fully saturated rings. The number of hydrogen-bond donors (Lipinski definition) is 3. The molecule has 0 radical (unpaired) electrons. The zero-order valence-corrected chi connectivity index (χ0v) is 8.27. The summed E-state index contributed by atoms with van der Waals surface area (Å²) in [5, 5.41) is 24.6. The molecule has 0 bridgehead atoms. The van der Waals surface area contributed by atoms with Crippen LogP contribution < -0.4 is 0 Å². The van der Waals surface area contributed by atoms with Gasteiger partial charge < -0.3 is 24.8 Å². The maximum atomic E-state index is 8.43. The van der Waals surface area contributed by atoms with E-state index in [4.69, 9.17) is 15.3 Å². The van der Waals surface area contributed by atoms with Crippen LogP contribution in [0.15, 0.2) is 0 Å². The molecule has 0 aliphatic rings. The highest BCUT2D eigenvalue weighted by Gasteiger charge is 1.87. The van der Waals surface area contributed by atoms with Gasteiger partial charge in [0.15, 0.2) is 0 Å². The molecule has 0 aromatic carbocycles. The van der Waals surface area contributed by atoms with Crippen LogP contribution in [0, 0.1) is 0 Å². The van der Waals surface area contributed by atoms with E-state index in [-0.39, 0.29) is 19.3 Å². The van der Waals surface area contributed by atoms with Gasteiger partial charge in [-0.2, -0.15) is 0 Å².